The molecule has 1 aliphatic rings. The van der Waals surface area contributed by atoms with Crippen LogP contribution in [0.2, 0.25) is 0 Å². The normalized spacial score (nSPS) is 16.2. The van der Waals surface area contributed by atoms with Crippen LogP contribution < -0.4 is 4.72 Å². The minimum Gasteiger partial charge on any atom is -0.288 e. The van der Waals surface area contributed by atoms with Crippen molar-refractivity contribution in [2.45, 2.75) is 24.5 Å². The van der Waals surface area contributed by atoms with Crippen LogP contribution >= 0.6 is 0 Å². The van der Waals surface area contributed by atoms with Gasteiger partial charge >= 0.3 is 0 Å². The quantitative estimate of drug-likeness (QED) is 0.875. The average molecular weight is 280 g/mol. The molecule has 19 heavy (non-hydrogen) atoms. The summed E-state index contributed by atoms with van der Waals surface area (Å²) in [6.07, 6.45) is 5.08. The zero-order valence-corrected chi connectivity index (χ0v) is 10.8. The van der Waals surface area contributed by atoms with E-state index in [1.54, 1.807) is 10.5 Å². The zero-order valence-electron chi connectivity index (χ0n) is 9.98. The Bertz CT molecular complexity index is 733. The van der Waals surface area contributed by atoms with Gasteiger partial charge in [-0.1, -0.05) is 6.42 Å². The highest BCUT2D eigenvalue weighted by Crippen LogP contribution is 2.25. The molecule has 1 saturated carbocycles. The van der Waals surface area contributed by atoms with Gasteiger partial charge in [0.05, 0.1) is 10.8 Å². The van der Waals surface area contributed by atoms with Gasteiger partial charge in [0.1, 0.15) is 6.33 Å². The zero-order chi connectivity index (χ0) is 13.5. The van der Waals surface area contributed by atoms with E-state index in [2.05, 4.69) is 14.9 Å². The van der Waals surface area contributed by atoms with Crippen LogP contribution in [-0.2, 0) is 10.0 Å². The molecule has 0 radical (unpaired) electrons. The highest BCUT2D eigenvalue weighted by Gasteiger charge is 2.32. The Morgan fingerprint density at radius 3 is 2.84 bits per heavy atom. The fourth-order valence-corrected chi connectivity index (χ4v) is 3.41. The van der Waals surface area contributed by atoms with E-state index in [0.29, 0.717) is 18.5 Å². The summed E-state index contributed by atoms with van der Waals surface area (Å²) in [7, 11) is -3.55. The van der Waals surface area contributed by atoms with Gasteiger partial charge in [-0.2, -0.15) is 0 Å². The maximum absolute atomic E-state index is 11.9. The van der Waals surface area contributed by atoms with Crippen molar-refractivity contribution in [3.8, 4) is 0 Å². The molecule has 7 nitrogen and oxygen atoms in total. The molecule has 0 unspecified atom stereocenters. The van der Waals surface area contributed by atoms with E-state index >= 15 is 0 Å². The highest BCUT2D eigenvalue weighted by atomic mass is 32.2. The van der Waals surface area contributed by atoms with Gasteiger partial charge in [0.25, 0.3) is 5.91 Å². The van der Waals surface area contributed by atoms with Crippen molar-refractivity contribution in [3.05, 3.63) is 30.2 Å². The third kappa shape index (κ3) is 2.19. The summed E-state index contributed by atoms with van der Waals surface area (Å²) in [5, 5.41) is 7.06. The molecule has 0 aliphatic heterocycles. The highest BCUT2D eigenvalue weighted by molar-refractivity contribution is 7.90. The molecule has 0 atom stereocenters. The van der Waals surface area contributed by atoms with Gasteiger partial charge in [-0.3, -0.25) is 9.20 Å². The Morgan fingerprint density at radius 2 is 2.16 bits per heavy atom. The van der Waals surface area contributed by atoms with Crippen molar-refractivity contribution in [1.82, 2.24) is 19.3 Å². The second-order valence-corrected chi connectivity index (χ2v) is 6.50. The number of carbonyl (C=O) groups is 1. The fraction of sp³-hybridized carbons (Fsp3) is 0.364. The SMILES string of the molecule is O=C(NS(=O)(=O)C1CCC1)c1ccc2nncn2c1. The number of rotatable bonds is 3. The summed E-state index contributed by atoms with van der Waals surface area (Å²) in [5.41, 5.74) is 0.855. The van der Waals surface area contributed by atoms with E-state index in [1.165, 1.54) is 18.6 Å². The summed E-state index contributed by atoms with van der Waals surface area (Å²) in [6, 6.07) is 3.13. The first kappa shape index (κ1) is 12.1. The number of fused-ring (bicyclic) bond motifs is 1. The molecule has 1 N–H and O–H groups in total. The predicted molar refractivity (Wildman–Crippen MR) is 67.0 cm³/mol. The van der Waals surface area contributed by atoms with E-state index in [4.69, 9.17) is 0 Å². The molecule has 0 spiro atoms. The van der Waals surface area contributed by atoms with Gasteiger partial charge in [-0.15, -0.1) is 10.2 Å². The van der Waals surface area contributed by atoms with E-state index in [9.17, 15) is 13.2 Å². The van der Waals surface area contributed by atoms with E-state index in [-0.39, 0.29) is 5.56 Å². The third-order valence-corrected chi connectivity index (χ3v) is 5.10. The second-order valence-electron chi connectivity index (χ2n) is 4.54. The van der Waals surface area contributed by atoms with Gasteiger partial charge in [0.2, 0.25) is 10.0 Å². The minimum atomic E-state index is -3.55. The summed E-state index contributed by atoms with van der Waals surface area (Å²) in [5.74, 6) is -0.623. The van der Waals surface area contributed by atoms with Gasteiger partial charge in [-0.25, -0.2) is 13.1 Å². The number of nitrogens with one attached hydrogen (secondary N) is 1. The smallest absolute Gasteiger partial charge is 0.266 e. The van der Waals surface area contributed by atoms with Crippen LogP contribution in [0.5, 0.6) is 0 Å². The summed E-state index contributed by atoms with van der Waals surface area (Å²) in [4.78, 5) is 11.9. The summed E-state index contributed by atoms with van der Waals surface area (Å²) < 4.78 is 27.4. The lowest BCUT2D eigenvalue weighted by Crippen LogP contribution is -2.41. The molecule has 8 heteroatoms. The Kier molecular flexibility index (Phi) is 2.74. The maximum Gasteiger partial charge on any atom is 0.266 e. The number of sulfonamides is 1. The average Bonchev–Trinajstić information content (AvgIpc) is 2.71. The monoisotopic (exact) mass is 280 g/mol. The van der Waals surface area contributed by atoms with Crippen molar-refractivity contribution in [1.29, 1.82) is 0 Å². The number of nitrogens with zero attached hydrogens (tertiary/aromatic N) is 3. The Morgan fingerprint density at radius 1 is 1.37 bits per heavy atom. The molecule has 2 heterocycles. The van der Waals surface area contributed by atoms with Crippen LogP contribution in [0.4, 0.5) is 0 Å². The van der Waals surface area contributed by atoms with E-state index in [0.717, 1.165) is 6.42 Å². The third-order valence-electron chi connectivity index (χ3n) is 3.28. The topological polar surface area (TPSA) is 93.4 Å². The number of hydrogen-bond acceptors (Lipinski definition) is 5. The molecule has 3 rings (SSSR count). The second kappa shape index (κ2) is 4.30. The molecule has 1 amide bonds. The summed E-state index contributed by atoms with van der Waals surface area (Å²) in [6.45, 7) is 0. The number of hydrogen-bond donors (Lipinski definition) is 1. The standard InChI is InChI=1S/C11H12N4O3S/c16-11(14-19(17,18)9-2-1-3-9)8-4-5-10-13-12-7-15(10)6-8/h4-7,9H,1-3H2,(H,14,16). The molecule has 1 fully saturated rings. The van der Waals surface area contributed by atoms with Crippen molar-refractivity contribution < 1.29 is 13.2 Å². The van der Waals surface area contributed by atoms with Gasteiger partial charge in [0.15, 0.2) is 5.65 Å². The van der Waals surface area contributed by atoms with Crippen LogP contribution in [-0.4, -0.2) is 34.2 Å². The van der Waals surface area contributed by atoms with Crippen LogP contribution in [0.1, 0.15) is 29.6 Å². The van der Waals surface area contributed by atoms with E-state index in [1.807, 2.05) is 0 Å². The first-order valence-corrected chi connectivity index (χ1v) is 7.46. The molecule has 1 aliphatic carbocycles. The largest absolute Gasteiger partial charge is 0.288 e. The van der Waals surface area contributed by atoms with Crippen molar-refractivity contribution in [2.75, 3.05) is 0 Å². The van der Waals surface area contributed by atoms with Gasteiger partial charge < -0.3 is 0 Å². The Hall–Kier alpha value is -1.96. The van der Waals surface area contributed by atoms with Crippen LogP contribution in [0.15, 0.2) is 24.7 Å². The molecule has 0 saturated heterocycles. The maximum atomic E-state index is 11.9. The Balaban J connectivity index is 1.83. The van der Waals surface area contributed by atoms with Crippen LogP contribution in [0.3, 0.4) is 0 Å². The molecular weight excluding hydrogens is 268 g/mol. The lowest BCUT2D eigenvalue weighted by molar-refractivity contribution is 0.0980. The Labute approximate surface area is 109 Å². The molecule has 2 aromatic heterocycles. The van der Waals surface area contributed by atoms with Crippen molar-refractivity contribution in [2.24, 2.45) is 0 Å². The molecule has 0 aromatic carbocycles. The van der Waals surface area contributed by atoms with Gasteiger partial charge in [-0.05, 0) is 25.0 Å². The van der Waals surface area contributed by atoms with E-state index < -0.39 is 21.2 Å². The first-order chi connectivity index (χ1) is 9.06. The van der Waals surface area contributed by atoms with Crippen LogP contribution in [0.25, 0.3) is 5.65 Å². The van der Waals surface area contributed by atoms with Crippen molar-refractivity contribution >= 4 is 21.6 Å². The number of amides is 1. The lowest BCUT2D eigenvalue weighted by Gasteiger charge is -2.25. The first-order valence-electron chi connectivity index (χ1n) is 5.91. The summed E-state index contributed by atoms with van der Waals surface area (Å²) >= 11 is 0. The van der Waals surface area contributed by atoms with Gasteiger partial charge in [0, 0.05) is 6.20 Å². The minimum absolute atomic E-state index is 0.259. The molecular formula is C11H12N4O3S. The molecule has 100 valence electrons. The molecule has 2 aromatic rings. The molecule has 0 bridgehead atoms. The number of carbonyl (C=O) groups excluding carboxylic acids is 1. The number of aromatic nitrogens is 3. The van der Waals surface area contributed by atoms with Crippen molar-refractivity contribution in [3.63, 3.8) is 0 Å². The number of pyridine rings is 1. The predicted octanol–water partition coefficient (Wildman–Crippen LogP) is 0.341. The fourth-order valence-electron chi connectivity index (χ4n) is 1.91. The lowest BCUT2D eigenvalue weighted by atomic mass is 10.0. The van der Waals surface area contributed by atoms with Crippen LogP contribution in [0, 0.1) is 0 Å².